The molecule has 16 nitrogen and oxygen atoms in total. The van der Waals surface area contributed by atoms with E-state index in [1.807, 2.05) is 0 Å². The number of thiol groups is 1. The topological polar surface area (TPSA) is 205 Å². The van der Waals surface area contributed by atoms with Gasteiger partial charge in [0.05, 0.1) is 32.0 Å². The maximum absolute atomic E-state index is 16.0. The number of nitrogen functional groups attached to an aromatic ring is 2. The van der Waals surface area contributed by atoms with Gasteiger partial charge in [-0.25, -0.2) is 28.7 Å². The van der Waals surface area contributed by atoms with Gasteiger partial charge in [-0.3, -0.25) is 18.9 Å². The maximum Gasteiger partial charge on any atom is 0.280 e. The van der Waals surface area contributed by atoms with E-state index in [0.717, 1.165) is 0 Å². The second kappa shape index (κ2) is 10.4. The van der Waals surface area contributed by atoms with Crippen molar-refractivity contribution in [3.05, 3.63) is 29.3 Å². The number of aromatic amines is 1. The Bertz CT molecular complexity index is 1780. The number of nitrogens with zero attached hydrogens (tertiary/aromatic N) is 7. The minimum atomic E-state index is -3.49. The van der Waals surface area contributed by atoms with Gasteiger partial charge < -0.3 is 34.7 Å². The van der Waals surface area contributed by atoms with E-state index in [1.165, 1.54) is 28.1 Å². The van der Waals surface area contributed by atoms with Gasteiger partial charge in [0, 0.05) is 5.92 Å². The molecule has 2 bridgehead atoms. The highest BCUT2D eigenvalue weighted by molar-refractivity contribution is 8.60. The van der Waals surface area contributed by atoms with E-state index in [2.05, 4.69) is 42.2 Å². The largest absolute Gasteiger partial charge is 0.382 e. The van der Waals surface area contributed by atoms with Gasteiger partial charge in [0.1, 0.15) is 17.9 Å². The second-order valence-corrected chi connectivity index (χ2v) is 15.1. The van der Waals surface area contributed by atoms with Crippen LogP contribution >= 0.6 is 17.9 Å². The molecule has 2 unspecified atom stereocenters. The van der Waals surface area contributed by atoms with Crippen molar-refractivity contribution in [1.29, 1.82) is 0 Å². The van der Waals surface area contributed by atoms with Gasteiger partial charge in [0.15, 0.2) is 53.7 Å². The summed E-state index contributed by atoms with van der Waals surface area (Å²) >= 11 is 9.89. The van der Waals surface area contributed by atoms with E-state index in [0.29, 0.717) is 11.2 Å². The van der Waals surface area contributed by atoms with Gasteiger partial charge in [0.25, 0.3) is 5.56 Å². The predicted octanol–water partition coefficient (Wildman–Crippen LogP) is 1.14. The zero-order chi connectivity index (χ0) is 29.3. The first-order valence-electron chi connectivity index (χ1n) is 12.6. The van der Waals surface area contributed by atoms with E-state index in [4.69, 9.17) is 46.5 Å². The number of halogens is 2. The molecular weight excluding hydrogens is 621 g/mol. The van der Waals surface area contributed by atoms with E-state index >= 15 is 8.78 Å². The first kappa shape index (κ1) is 28.0. The molecule has 0 saturated carbocycles. The molecule has 9 atom stereocenters. The summed E-state index contributed by atoms with van der Waals surface area (Å²) in [5, 5.41) is 0. The summed E-state index contributed by atoms with van der Waals surface area (Å²) < 4.78 is 64.0. The summed E-state index contributed by atoms with van der Waals surface area (Å²) in [5.41, 5.74) is 8.11. The molecule has 3 fully saturated rings. The molecule has 0 aromatic carbocycles. The molecule has 0 aliphatic carbocycles. The van der Waals surface area contributed by atoms with Crippen LogP contribution in [0.4, 0.5) is 20.5 Å². The molecule has 7 rings (SSSR count). The van der Waals surface area contributed by atoms with E-state index in [9.17, 15) is 4.79 Å². The fourth-order valence-corrected chi connectivity index (χ4v) is 7.36. The van der Waals surface area contributed by atoms with Crippen LogP contribution in [0.3, 0.4) is 0 Å². The normalized spacial score (nSPS) is 35.7. The standard InChI is InChI=1S/C21H23F2N10O6PS2/c22-9-7-1-2-35-20-10(23)13(19(38-20)33-6-29-12-16(33)30-21(25)31-17(12)34)39-40(41,42)36-3-8(7)37-18(9)32-5-28-11-14(24)26-4-27-15(11)32/h4-10,13,18-20H,1-3H2,(H,41,42)(H2,24,26,27)(H3,25,30,31,34)/t7-,8-,9+,10+,13-,18-,19-,20?/m1/s1. The molecule has 21 heteroatoms. The summed E-state index contributed by atoms with van der Waals surface area (Å²) in [4.78, 5) is 35.0. The number of imidazole rings is 2. The molecule has 7 heterocycles. The van der Waals surface area contributed by atoms with Crippen molar-refractivity contribution in [2.75, 3.05) is 24.7 Å². The molecule has 5 N–H and O–H groups in total. The lowest BCUT2D eigenvalue weighted by molar-refractivity contribution is -0.168. The summed E-state index contributed by atoms with van der Waals surface area (Å²) in [6.07, 6.45) is -5.39. The van der Waals surface area contributed by atoms with Crippen molar-refractivity contribution >= 4 is 63.8 Å². The van der Waals surface area contributed by atoms with Crippen molar-refractivity contribution in [3.63, 3.8) is 0 Å². The molecule has 0 spiro atoms. The number of nitrogens with two attached hydrogens (primary N) is 2. The number of H-pyrrole nitrogens is 1. The Labute approximate surface area is 244 Å². The van der Waals surface area contributed by atoms with Gasteiger partial charge in [-0.1, -0.05) is 12.2 Å². The fraction of sp³-hybridized carbons (Fsp3) is 0.524. The first-order valence-corrected chi connectivity index (χ1v) is 16.4. The van der Waals surface area contributed by atoms with Crippen molar-refractivity contribution in [2.24, 2.45) is 5.92 Å². The lowest BCUT2D eigenvalue weighted by Crippen LogP contribution is -2.34. The summed E-state index contributed by atoms with van der Waals surface area (Å²) in [7, 11) is 0. The molecule has 3 aliphatic heterocycles. The quantitative estimate of drug-likeness (QED) is 0.179. The molecule has 0 radical (unpaired) electrons. The highest BCUT2D eigenvalue weighted by Gasteiger charge is 2.52. The Morgan fingerprint density at radius 2 is 1.81 bits per heavy atom. The third kappa shape index (κ3) is 4.66. The van der Waals surface area contributed by atoms with Crippen LogP contribution < -0.4 is 17.0 Å². The number of ether oxygens (including phenoxy) is 3. The van der Waals surface area contributed by atoms with Crippen LogP contribution in [0.5, 0.6) is 0 Å². The monoisotopic (exact) mass is 644 g/mol. The zero-order valence-electron chi connectivity index (χ0n) is 21.3. The third-order valence-corrected chi connectivity index (χ3v) is 9.57. The van der Waals surface area contributed by atoms with Gasteiger partial charge in [0.2, 0.25) is 11.6 Å². The summed E-state index contributed by atoms with van der Waals surface area (Å²) in [6.45, 7) is -0.293. The smallest absolute Gasteiger partial charge is 0.280 e. The first-order chi connectivity index (χ1) is 20.1. The minimum absolute atomic E-state index is 0.0358. The van der Waals surface area contributed by atoms with Crippen LogP contribution in [0.25, 0.3) is 22.3 Å². The Morgan fingerprint density at radius 1 is 1.05 bits per heavy atom. The molecule has 0 amide bonds. The van der Waals surface area contributed by atoms with E-state index in [-0.39, 0.29) is 42.6 Å². The Balaban J connectivity index is 1.17. The van der Waals surface area contributed by atoms with E-state index in [1.54, 1.807) is 0 Å². The lowest BCUT2D eigenvalue weighted by atomic mass is 9.96. The molecule has 3 aliphatic rings. The summed E-state index contributed by atoms with van der Waals surface area (Å²) in [6, 6.07) is 0. The van der Waals surface area contributed by atoms with Crippen molar-refractivity contribution in [2.45, 2.75) is 49.7 Å². The van der Waals surface area contributed by atoms with Gasteiger partial charge in [-0.05, 0) is 18.2 Å². The van der Waals surface area contributed by atoms with Crippen molar-refractivity contribution in [3.8, 4) is 0 Å². The van der Waals surface area contributed by atoms with Crippen LogP contribution in [0.2, 0.25) is 0 Å². The third-order valence-electron chi connectivity index (χ3n) is 7.38. The number of hydrogen-bond acceptors (Lipinski definition) is 14. The zero-order valence-corrected chi connectivity index (χ0v) is 23.9. The van der Waals surface area contributed by atoms with Crippen molar-refractivity contribution in [1.82, 2.24) is 39.0 Å². The fourth-order valence-electron chi connectivity index (χ4n) is 5.42. The highest BCUT2D eigenvalue weighted by Crippen LogP contribution is 2.58. The van der Waals surface area contributed by atoms with Crippen LogP contribution in [0.15, 0.2) is 23.8 Å². The Hall–Kier alpha value is -2.84. The van der Waals surface area contributed by atoms with Gasteiger partial charge >= 0.3 is 0 Å². The molecule has 224 valence electrons. The lowest BCUT2D eigenvalue weighted by Gasteiger charge is -2.28. The number of hydrogen-bond donors (Lipinski definition) is 4. The van der Waals surface area contributed by atoms with Crippen molar-refractivity contribution < 1.29 is 32.0 Å². The molecule has 4 aromatic rings. The number of nitrogens with one attached hydrogen (secondary N) is 1. The molecular formula is C21H23F2N10O6PS2. The van der Waals surface area contributed by atoms with Gasteiger partial charge in [-0.15, -0.1) is 0 Å². The average Bonchev–Trinajstić information content (AvgIpc) is 3.69. The van der Waals surface area contributed by atoms with Crippen LogP contribution in [0, 0.1) is 5.92 Å². The molecule has 3 saturated heterocycles. The highest BCUT2D eigenvalue weighted by atomic mass is 32.9. The Morgan fingerprint density at radius 3 is 2.62 bits per heavy atom. The van der Waals surface area contributed by atoms with E-state index < -0.39 is 60.5 Å². The van der Waals surface area contributed by atoms with Crippen LogP contribution in [-0.2, 0) is 35.1 Å². The van der Waals surface area contributed by atoms with Crippen LogP contribution in [0.1, 0.15) is 18.9 Å². The number of aromatic nitrogens is 8. The van der Waals surface area contributed by atoms with Gasteiger partial charge in [-0.2, -0.15) is 4.98 Å². The summed E-state index contributed by atoms with van der Waals surface area (Å²) in [5.74, 6) is -0.780. The minimum Gasteiger partial charge on any atom is -0.382 e. The molecule has 4 aromatic heterocycles. The number of alkyl halides is 2. The average molecular weight is 645 g/mol. The SMILES string of the molecule is Nc1nc2c(ncn2[C@@H]2OC3OCC[C@H]4[C@H](F)[C@H](n5cnc6c(N)ncnc65)O[C@@H]4COP(=S)(S)O[C@@H]2[C@@H]3F)c(=O)[nH]1. The number of anilines is 2. The maximum atomic E-state index is 16.0. The van der Waals surface area contributed by atoms with Crippen LogP contribution in [-0.4, -0.2) is 83.1 Å². The Kier molecular flexibility index (Phi) is 6.93. The second-order valence-electron chi connectivity index (χ2n) is 9.86. The number of rotatable bonds is 2. The predicted molar refractivity (Wildman–Crippen MR) is 148 cm³/mol. The number of fused-ring (bicyclic) bond motifs is 5. The molecule has 42 heavy (non-hydrogen) atoms.